The van der Waals surface area contributed by atoms with Crippen molar-refractivity contribution in [1.29, 1.82) is 0 Å². The third-order valence-electron chi connectivity index (χ3n) is 4.25. The summed E-state index contributed by atoms with van der Waals surface area (Å²) in [6.07, 6.45) is 0. The van der Waals surface area contributed by atoms with E-state index >= 15 is 0 Å². The van der Waals surface area contributed by atoms with E-state index in [9.17, 15) is 9.59 Å². The number of ether oxygens (including phenoxy) is 1. The summed E-state index contributed by atoms with van der Waals surface area (Å²) in [5, 5.41) is 9.99. The Morgan fingerprint density at radius 2 is 1.93 bits per heavy atom. The Hall–Kier alpha value is -3.61. The van der Waals surface area contributed by atoms with Gasteiger partial charge in [-0.05, 0) is 62.4 Å². The van der Waals surface area contributed by atoms with Crippen LogP contribution in [0.3, 0.4) is 0 Å². The topological polar surface area (TPSA) is 85.2 Å². The SMILES string of the molecule is Cc1cc(C)n(-c2ccc(C(=O)Nc3ccc4c(c3)NC(=O)CO4)cc2)n1. The molecule has 0 unspecified atom stereocenters. The first-order valence-electron chi connectivity index (χ1n) is 8.51. The summed E-state index contributed by atoms with van der Waals surface area (Å²) >= 11 is 0. The van der Waals surface area contributed by atoms with E-state index in [1.165, 1.54) is 0 Å². The molecule has 0 bridgehead atoms. The molecule has 0 aliphatic carbocycles. The third kappa shape index (κ3) is 3.39. The van der Waals surface area contributed by atoms with Crippen molar-refractivity contribution in [3.8, 4) is 11.4 Å². The van der Waals surface area contributed by atoms with Gasteiger partial charge in [0.25, 0.3) is 11.8 Å². The standard InChI is InChI=1S/C20H18N4O3/c1-12-9-13(2)24(23-12)16-6-3-14(4-7-16)20(26)21-15-5-8-18-17(10-15)22-19(25)11-27-18/h3-10H,11H2,1-2H3,(H,21,26)(H,22,25). The van der Waals surface area contributed by atoms with E-state index in [2.05, 4.69) is 15.7 Å². The number of amides is 2. The van der Waals surface area contributed by atoms with Gasteiger partial charge in [-0.15, -0.1) is 0 Å². The first-order valence-corrected chi connectivity index (χ1v) is 8.51. The van der Waals surface area contributed by atoms with Gasteiger partial charge in [0.15, 0.2) is 6.61 Å². The number of rotatable bonds is 3. The van der Waals surface area contributed by atoms with Gasteiger partial charge in [-0.2, -0.15) is 5.10 Å². The van der Waals surface area contributed by atoms with Crippen LogP contribution in [0.15, 0.2) is 48.5 Å². The van der Waals surface area contributed by atoms with Crippen LogP contribution in [0.2, 0.25) is 0 Å². The lowest BCUT2D eigenvalue weighted by Crippen LogP contribution is -2.25. The molecule has 0 fully saturated rings. The molecule has 0 saturated carbocycles. The molecule has 2 N–H and O–H groups in total. The minimum atomic E-state index is -0.238. The highest BCUT2D eigenvalue weighted by Gasteiger charge is 2.16. The monoisotopic (exact) mass is 362 g/mol. The van der Waals surface area contributed by atoms with Crippen LogP contribution in [-0.2, 0) is 4.79 Å². The number of carbonyl (C=O) groups is 2. The van der Waals surface area contributed by atoms with E-state index in [1.54, 1.807) is 30.3 Å². The summed E-state index contributed by atoms with van der Waals surface area (Å²) in [5.74, 6) is 0.130. The summed E-state index contributed by atoms with van der Waals surface area (Å²) in [7, 11) is 0. The van der Waals surface area contributed by atoms with Gasteiger partial charge in [0.1, 0.15) is 5.75 Å². The Bertz CT molecular complexity index is 1040. The molecule has 0 atom stereocenters. The van der Waals surface area contributed by atoms with Crippen molar-refractivity contribution >= 4 is 23.2 Å². The van der Waals surface area contributed by atoms with Crippen LogP contribution in [0.25, 0.3) is 5.69 Å². The van der Waals surface area contributed by atoms with Gasteiger partial charge < -0.3 is 15.4 Å². The highest BCUT2D eigenvalue weighted by Crippen LogP contribution is 2.30. The van der Waals surface area contributed by atoms with Crippen molar-refractivity contribution in [1.82, 2.24) is 9.78 Å². The summed E-state index contributed by atoms with van der Waals surface area (Å²) in [6.45, 7) is 3.93. The molecule has 4 rings (SSSR count). The minimum absolute atomic E-state index is 0.000303. The molecule has 2 heterocycles. The van der Waals surface area contributed by atoms with Gasteiger partial charge in [-0.1, -0.05) is 0 Å². The Kier molecular flexibility index (Phi) is 4.12. The largest absolute Gasteiger partial charge is 0.482 e. The highest BCUT2D eigenvalue weighted by atomic mass is 16.5. The molecule has 0 spiro atoms. The molecule has 1 aliphatic rings. The normalized spacial score (nSPS) is 12.7. The first-order chi connectivity index (χ1) is 13.0. The minimum Gasteiger partial charge on any atom is -0.482 e. The molecule has 136 valence electrons. The molecule has 2 aromatic carbocycles. The molecule has 2 amide bonds. The third-order valence-corrected chi connectivity index (χ3v) is 4.25. The van der Waals surface area contributed by atoms with E-state index in [1.807, 2.05) is 36.7 Å². The Morgan fingerprint density at radius 1 is 1.15 bits per heavy atom. The van der Waals surface area contributed by atoms with E-state index in [0.29, 0.717) is 22.7 Å². The van der Waals surface area contributed by atoms with Gasteiger partial charge in [-0.3, -0.25) is 9.59 Å². The molecule has 1 aromatic heterocycles. The number of nitrogens with zero attached hydrogens (tertiary/aromatic N) is 2. The van der Waals surface area contributed by atoms with E-state index in [-0.39, 0.29) is 18.4 Å². The van der Waals surface area contributed by atoms with Crippen LogP contribution in [-0.4, -0.2) is 28.2 Å². The average molecular weight is 362 g/mol. The quantitative estimate of drug-likeness (QED) is 0.750. The van der Waals surface area contributed by atoms with E-state index in [4.69, 9.17) is 4.74 Å². The molecule has 0 saturated heterocycles. The van der Waals surface area contributed by atoms with E-state index < -0.39 is 0 Å². The lowest BCUT2D eigenvalue weighted by molar-refractivity contribution is -0.118. The van der Waals surface area contributed by atoms with Crippen LogP contribution in [0.1, 0.15) is 21.7 Å². The van der Waals surface area contributed by atoms with E-state index in [0.717, 1.165) is 17.1 Å². The first kappa shape index (κ1) is 16.8. The number of anilines is 2. The van der Waals surface area contributed by atoms with Crippen LogP contribution >= 0.6 is 0 Å². The van der Waals surface area contributed by atoms with Gasteiger partial charge >= 0.3 is 0 Å². The van der Waals surface area contributed by atoms with Crippen molar-refractivity contribution in [2.75, 3.05) is 17.2 Å². The number of hydrogen-bond acceptors (Lipinski definition) is 4. The summed E-state index contributed by atoms with van der Waals surface area (Å²) in [5.41, 5.74) is 4.51. The summed E-state index contributed by atoms with van der Waals surface area (Å²) in [6, 6.07) is 14.3. The highest BCUT2D eigenvalue weighted by molar-refractivity contribution is 6.05. The Labute approximate surface area is 156 Å². The number of fused-ring (bicyclic) bond motifs is 1. The summed E-state index contributed by atoms with van der Waals surface area (Å²) in [4.78, 5) is 23.9. The maximum atomic E-state index is 12.5. The lowest BCUT2D eigenvalue weighted by Gasteiger charge is -2.18. The molecule has 7 nitrogen and oxygen atoms in total. The van der Waals surface area contributed by atoms with Crippen LogP contribution in [0.4, 0.5) is 11.4 Å². The summed E-state index contributed by atoms with van der Waals surface area (Å²) < 4.78 is 7.15. The fourth-order valence-corrected chi connectivity index (χ4v) is 3.01. The van der Waals surface area contributed by atoms with Crippen molar-refractivity contribution in [3.63, 3.8) is 0 Å². The molecular formula is C20H18N4O3. The van der Waals surface area contributed by atoms with Crippen molar-refractivity contribution in [3.05, 3.63) is 65.5 Å². The fourth-order valence-electron chi connectivity index (χ4n) is 3.01. The van der Waals surface area contributed by atoms with Crippen LogP contribution < -0.4 is 15.4 Å². The van der Waals surface area contributed by atoms with Gasteiger partial charge in [0.05, 0.1) is 17.1 Å². The zero-order valence-corrected chi connectivity index (χ0v) is 14.9. The molecule has 27 heavy (non-hydrogen) atoms. The predicted octanol–water partition coefficient (Wildman–Crippen LogP) is 3.07. The zero-order chi connectivity index (χ0) is 19.0. The molecule has 7 heteroatoms. The van der Waals surface area contributed by atoms with Gasteiger partial charge in [0.2, 0.25) is 0 Å². The van der Waals surface area contributed by atoms with Crippen LogP contribution in [0.5, 0.6) is 5.75 Å². The Balaban J connectivity index is 1.51. The van der Waals surface area contributed by atoms with Crippen molar-refractivity contribution < 1.29 is 14.3 Å². The number of aromatic nitrogens is 2. The maximum Gasteiger partial charge on any atom is 0.262 e. The lowest BCUT2D eigenvalue weighted by atomic mass is 10.1. The number of benzene rings is 2. The smallest absolute Gasteiger partial charge is 0.262 e. The number of aryl methyl sites for hydroxylation is 2. The molecule has 3 aromatic rings. The van der Waals surface area contributed by atoms with Crippen molar-refractivity contribution in [2.45, 2.75) is 13.8 Å². The fraction of sp³-hybridized carbons (Fsp3) is 0.150. The Morgan fingerprint density at radius 3 is 2.63 bits per heavy atom. The number of hydrogen-bond donors (Lipinski definition) is 2. The molecular weight excluding hydrogens is 344 g/mol. The number of carbonyl (C=O) groups excluding carboxylic acids is 2. The second kappa shape index (κ2) is 6.60. The van der Waals surface area contributed by atoms with Crippen LogP contribution in [0, 0.1) is 13.8 Å². The average Bonchev–Trinajstić information content (AvgIpc) is 2.99. The maximum absolute atomic E-state index is 12.5. The van der Waals surface area contributed by atoms with Gasteiger partial charge in [-0.25, -0.2) is 4.68 Å². The van der Waals surface area contributed by atoms with Gasteiger partial charge in [0, 0.05) is 16.9 Å². The second-order valence-electron chi connectivity index (χ2n) is 6.39. The van der Waals surface area contributed by atoms with Crippen molar-refractivity contribution in [2.24, 2.45) is 0 Å². The molecule has 1 aliphatic heterocycles. The number of nitrogens with one attached hydrogen (secondary N) is 2. The zero-order valence-electron chi connectivity index (χ0n) is 14.9. The second-order valence-corrected chi connectivity index (χ2v) is 6.39. The molecule has 0 radical (unpaired) electrons. The predicted molar refractivity (Wildman–Crippen MR) is 102 cm³/mol.